The Morgan fingerprint density at radius 2 is 1.87 bits per heavy atom. The summed E-state index contributed by atoms with van der Waals surface area (Å²) in [6, 6.07) is 16.5. The van der Waals surface area contributed by atoms with Crippen LogP contribution in [0.25, 0.3) is 11.3 Å². The molecule has 0 aliphatic carbocycles. The maximum absolute atomic E-state index is 12.5. The molecule has 1 N–H and O–H groups in total. The molecule has 1 amide bonds. The molecular weight excluding hydrogens is 410 g/mol. The molecule has 4 rings (SSSR count). The van der Waals surface area contributed by atoms with Gasteiger partial charge < -0.3 is 8.98 Å². The minimum Gasteiger partial charge on any atom is -0.454 e. The molecule has 0 aliphatic heterocycles. The van der Waals surface area contributed by atoms with E-state index in [1.165, 1.54) is 27.5 Å². The average molecular weight is 434 g/mol. The Bertz CT molecular complexity index is 1260. The van der Waals surface area contributed by atoms with Crippen LogP contribution in [0.4, 0.5) is 5.13 Å². The van der Waals surface area contributed by atoms with Crippen LogP contribution in [-0.4, -0.2) is 15.5 Å². The Hall–Kier alpha value is -3.45. The maximum atomic E-state index is 12.5. The highest BCUT2D eigenvalue weighted by Gasteiger charge is 2.16. The molecule has 3 heterocycles. The van der Waals surface area contributed by atoms with Crippen LogP contribution >= 0.6 is 11.3 Å². The van der Waals surface area contributed by atoms with Gasteiger partial charge in [-0.1, -0.05) is 51.1 Å². The third-order valence-corrected chi connectivity index (χ3v) is 5.64. The number of nitrogens with one attached hydrogen (secondary N) is 1. The highest BCUT2D eigenvalue weighted by atomic mass is 32.1. The molecule has 0 atom stereocenters. The maximum Gasteiger partial charge on any atom is 0.293 e. The molecule has 6 nitrogen and oxygen atoms in total. The van der Waals surface area contributed by atoms with E-state index in [4.69, 9.17) is 4.42 Å². The molecule has 0 radical (unpaired) electrons. The molecule has 0 fully saturated rings. The van der Waals surface area contributed by atoms with Crippen LogP contribution in [0.2, 0.25) is 0 Å². The van der Waals surface area contributed by atoms with Crippen molar-refractivity contribution in [3.63, 3.8) is 0 Å². The normalized spacial score (nSPS) is 11.5. The number of carbonyl (C=O) groups is 1. The molecule has 0 unspecified atom stereocenters. The van der Waals surface area contributed by atoms with Crippen molar-refractivity contribution >= 4 is 22.4 Å². The van der Waals surface area contributed by atoms with Gasteiger partial charge in [-0.05, 0) is 29.2 Å². The minimum atomic E-state index is -0.379. The van der Waals surface area contributed by atoms with E-state index in [1.807, 2.05) is 17.5 Å². The monoisotopic (exact) mass is 433 g/mol. The number of aromatic nitrogens is 2. The van der Waals surface area contributed by atoms with Gasteiger partial charge in [0.2, 0.25) is 0 Å². The van der Waals surface area contributed by atoms with Crippen molar-refractivity contribution < 1.29 is 9.21 Å². The molecule has 3 aromatic heterocycles. The summed E-state index contributed by atoms with van der Waals surface area (Å²) in [5, 5.41) is 5.19. The summed E-state index contributed by atoms with van der Waals surface area (Å²) in [5.41, 5.74) is 3.03. The van der Waals surface area contributed by atoms with Gasteiger partial charge in [-0.25, -0.2) is 4.98 Å². The van der Waals surface area contributed by atoms with Crippen LogP contribution in [0.3, 0.4) is 0 Å². The lowest BCUT2D eigenvalue weighted by atomic mass is 9.86. The molecule has 158 valence electrons. The van der Waals surface area contributed by atoms with E-state index >= 15 is 0 Å². The number of carbonyl (C=O) groups excluding carboxylic acids is 1. The number of rotatable bonds is 5. The Morgan fingerprint density at radius 3 is 2.58 bits per heavy atom. The molecular formula is C24H23N3O3S. The molecule has 0 saturated carbocycles. The van der Waals surface area contributed by atoms with E-state index in [9.17, 15) is 9.59 Å². The topological polar surface area (TPSA) is 77.1 Å². The van der Waals surface area contributed by atoms with E-state index in [2.05, 4.69) is 43.2 Å². The van der Waals surface area contributed by atoms with Gasteiger partial charge in [0, 0.05) is 23.2 Å². The second kappa shape index (κ2) is 8.35. The number of hydrogen-bond donors (Lipinski definition) is 1. The summed E-state index contributed by atoms with van der Waals surface area (Å²) in [6.07, 6.45) is 1.68. The Morgan fingerprint density at radius 1 is 1.10 bits per heavy atom. The smallest absolute Gasteiger partial charge is 0.293 e. The number of amides is 1. The van der Waals surface area contributed by atoms with E-state index in [0.717, 1.165) is 11.3 Å². The molecule has 0 saturated heterocycles. The fourth-order valence-electron chi connectivity index (χ4n) is 3.11. The van der Waals surface area contributed by atoms with E-state index in [0.29, 0.717) is 10.9 Å². The van der Waals surface area contributed by atoms with Gasteiger partial charge in [0.1, 0.15) is 5.76 Å². The number of nitrogens with zero attached hydrogens (tertiary/aromatic N) is 2. The standard InChI is InChI=1S/C24H23N3O3S/c1-24(2,3)17-9-7-16(8-10-17)19-15-31-23(25-19)26-22(29)20-12-11-18(30-20)14-27-13-5-4-6-21(27)28/h4-13,15H,14H2,1-3H3,(H,25,26,29). The van der Waals surface area contributed by atoms with Gasteiger partial charge >= 0.3 is 0 Å². The zero-order valence-electron chi connectivity index (χ0n) is 17.6. The third kappa shape index (κ3) is 4.83. The van der Waals surface area contributed by atoms with Crippen LogP contribution in [0.5, 0.6) is 0 Å². The number of pyridine rings is 1. The lowest BCUT2D eigenvalue weighted by Crippen LogP contribution is -2.18. The second-order valence-corrected chi connectivity index (χ2v) is 9.11. The van der Waals surface area contributed by atoms with Gasteiger partial charge in [-0.3, -0.25) is 14.9 Å². The molecule has 0 aliphatic rings. The van der Waals surface area contributed by atoms with Gasteiger partial charge in [0.25, 0.3) is 11.5 Å². The largest absolute Gasteiger partial charge is 0.454 e. The molecule has 31 heavy (non-hydrogen) atoms. The van der Waals surface area contributed by atoms with Crippen molar-refractivity contribution in [2.24, 2.45) is 0 Å². The third-order valence-electron chi connectivity index (χ3n) is 4.88. The highest BCUT2D eigenvalue weighted by Crippen LogP contribution is 2.28. The number of anilines is 1. The Kier molecular flexibility index (Phi) is 5.61. The summed E-state index contributed by atoms with van der Waals surface area (Å²) >= 11 is 1.36. The first kappa shape index (κ1) is 20.8. The van der Waals surface area contributed by atoms with Crippen molar-refractivity contribution in [2.45, 2.75) is 32.7 Å². The fourth-order valence-corrected chi connectivity index (χ4v) is 3.82. The van der Waals surface area contributed by atoms with Gasteiger partial charge in [-0.2, -0.15) is 0 Å². The fraction of sp³-hybridized carbons (Fsp3) is 0.208. The second-order valence-electron chi connectivity index (χ2n) is 8.25. The average Bonchev–Trinajstić information content (AvgIpc) is 3.39. The predicted molar refractivity (Wildman–Crippen MR) is 123 cm³/mol. The van der Waals surface area contributed by atoms with E-state index in [-0.39, 0.29) is 29.2 Å². The Labute approximate surface area is 184 Å². The van der Waals surface area contributed by atoms with Crippen molar-refractivity contribution in [1.29, 1.82) is 0 Å². The van der Waals surface area contributed by atoms with Crippen molar-refractivity contribution in [3.8, 4) is 11.3 Å². The van der Waals surface area contributed by atoms with Crippen LogP contribution in [0, 0.1) is 0 Å². The van der Waals surface area contributed by atoms with Gasteiger partial charge in [0.15, 0.2) is 10.9 Å². The predicted octanol–water partition coefficient (Wildman–Crippen LogP) is 5.16. The number of thiazole rings is 1. The first-order valence-corrected chi connectivity index (χ1v) is 10.8. The van der Waals surface area contributed by atoms with Gasteiger partial charge in [-0.15, -0.1) is 11.3 Å². The summed E-state index contributed by atoms with van der Waals surface area (Å²) in [5.74, 6) is 0.318. The first-order valence-electron chi connectivity index (χ1n) is 9.91. The highest BCUT2D eigenvalue weighted by molar-refractivity contribution is 7.14. The van der Waals surface area contributed by atoms with Crippen molar-refractivity contribution in [1.82, 2.24) is 9.55 Å². The van der Waals surface area contributed by atoms with E-state index < -0.39 is 0 Å². The summed E-state index contributed by atoms with van der Waals surface area (Å²) in [6.45, 7) is 6.79. The number of furan rings is 1. The molecule has 1 aromatic carbocycles. The molecule has 0 spiro atoms. The lowest BCUT2D eigenvalue weighted by Gasteiger charge is -2.18. The van der Waals surface area contributed by atoms with Crippen LogP contribution in [0.1, 0.15) is 42.6 Å². The van der Waals surface area contributed by atoms with Crippen LogP contribution in [-0.2, 0) is 12.0 Å². The molecule has 4 aromatic rings. The number of hydrogen-bond acceptors (Lipinski definition) is 5. The van der Waals surface area contributed by atoms with Crippen LogP contribution < -0.4 is 10.9 Å². The first-order chi connectivity index (χ1) is 14.8. The quantitative estimate of drug-likeness (QED) is 0.471. The van der Waals surface area contributed by atoms with Crippen molar-refractivity contribution in [3.05, 3.63) is 93.6 Å². The SMILES string of the molecule is CC(C)(C)c1ccc(-c2csc(NC(=O)c3ccc(Cn4ccccc4=O)o3)n2)cc1. The lowest BCUT2D eigenvalue weighted by molar-refractivity contribution is 0.0994. The minimum absolute atomic E-state index is 0.0932. The van der Waals surface area contributed by atoms with Gasteiger partial charge in [0.05, 0.1) is 12.2 Å². The zero-order valence-corrected chi connectivity index (χ0v) is 18.4. The molecule has 7 heteroatoms. The number of benzene rings is 1. The summed E-state index contributed by atoms with van der Waals surface area (Å²) < 4.78 is 7.13. The van der Waals surface area contributed by atoms with E-state index in [1.54, 1.807) is 30.5 Å². The molecule has 0 bridgehead atoms. The van der Waals surface area contributed by atoms with Crippen LogP contribution in [0.15, 0.2) is 75.4 Å². The Balaban J connectivity index is 1.43. The zero-order chi connectivity index (χ0) is 22.0. The summed E-state index contributed by atoms with van der Waals surface area (Å²) in [4.78, 5) is 28.9. The van der Waals surface area contributed by atoms with Crippen molar-refractivity contribution in [2.75, 3.05) is 5.32 Å². The summed E-state index contributed by atoms with van der Waals surface area (Å²) in [7, 11) is 0.